The Labute approximate surface area is 125 Å². The second-order valence-corrected chi connectivity index (χ2v) is 7.20. The minimum absolute atomic E-state index is 0.0485. The number of aliphatic hydroxyl groups is 1. The van der Waals surface area contributed by atoms with E-state index in [1.54, 1.807) is 0 Å². The van der Waals surface area contributed by atoms with E-state index in [9.17, 15) is 13.5 Å². The fraction of sp³-hybridized carbons (Fsp3) is 0.769. The van der Waals surface area contributed by atoms with Crippen molar-refractivity contribution in [3.8, 4) is 0 Å². The predicted molar refractivity (Wildman–Crippen MR) is 77.3 cm³/mol. The maximum Gasteiger partial charge on any atom is 0.257 e. The van der Waals surface area contributed by atoms with Gasteiger partial charge in [-0.1, -0.05) is 6.92 Å². The maximum absolute atomic E-state index is 12.4. The van der Waals surface area contributed by atoms with Crippen LogP contribution in [0, 0.1) is 5.41 Å². The third-order valence-electron chi connectivity index (χ3n) is 3.91. The Balaban J connectivity index is 2.08. The third-order valence-corrected chi connectivity index (χ3v) is 5.34. The van der Waals surface area contributed by atoms with Gasteiger partial charge in [0.05, 0.1) is 12.8 Å². The number of rotatable bonds is 7. The molecule has 2 N–H and O–H groups in total. The zero-order valence-electron chi connectivity index (χ0n) is 12.3. The van der Waals surface area contributed by atoms with Crippen molar-refractivity contribution in [2.24, 2.45) is 5.41 Å². The first-order valence-corrected chi connectivity index (χ1v) is 8.71. The van der Waals surface area contributed by atoms with Gasteiger partial charge in [-0.15, -0.1) is 0 Å². The van der Waals surface area contributed by atoms with E-state index in [0.29, 0.717) is 32.6 Å². The molecular formula is C13H23N3O4S. The number of nitrogens with one attached hydrogen (secondary N) is 1. The number of ether oxygens (including phenoxy) is 1. The van der Waals surface area contributed by atoms with Crippen molar-refractivity contribution in [3.63, 3.8) is 0 Å². The van der Waals surface area contributed by atoms with E-state index in [1.807, 2.05) is 6.92 Å². The Morgan fingerprint density at radius 3 is 2.81 bits per heavy atom. The van der Waals surface area contributed by atoms with Gasteiger partial charge in [0, 0.05) is 31.7 Å². The molecule has 0 unspecified atom stereocenters. The first-order valence-electron chi connectivity index (χ1n) is 7.23. The van der Waals surface area contributed by atoms with Gasteiger partial charge < -0.3 is 9.84 Å². The monoisotopic (exact) mass is 317 g/mol. The van der Waals surface area contributed by atoms with Crippen LogP contribution in [0.1, 0.15) is 26.2 Å². The van der Waals surface area contributed by atoms with Crippen LogP contribution < -0.4 is 4.72 Å². The summed E-state index contributed by atoms with van der Waals surface area (Å²) in [6, 6.07) is 1.49. The first-order chi connectivity index (χ1) is 10.0. The van der Waals surface area contributed by atoms with E-state index in [0.717, 1.165) is 6.42 Å². The van der Waals surface area contributed by atoms with Gasteiger partial charge >= 0.3 is 0 Å². The van der Waals surface area contributed by atoms with Gasteiger partial charge in [0.25, 0.3) is 10.0 Å². The Morgan fingerprint density at radius 1 is 1.48 bits per heavy atom. The summed E-state index contributed by atoms with van der Waals surface area (Å²) in [7, 11) is -3.62. The van der Waals surface area contributed by atoms with Crippen LogP contribution in [-0.4, -0.2) is 49.7 Å². The highest BCUT2D eigenvalue weighted by Gasteiger charge is 2.34. The fourth-order valence-corrected chi connectivity index (χ4v) is 3.75. The highest BCUT2D eigenvalue weighted by molar-refractivity contribution is 7.89. The molecule has 0 spiro atoms. The summed E-state index contributed by atoms with van der Waals surface area (Å²) in [6.07, 6.45) is 3.60. The Morgan fingerprint density at radius 2 is 2.19 bits per heavy atom. The molecule has 1 aliphatic rings. The summed E-state index contributed by atoms with van der Waals surface area (Å²) in [5, 5.41) is 13.8. The van der Waals surface area contributed by atoms with Crippen molar-refractivity contribution in [1.82, 2.24) is 14.5 Å². The summed E-state index contributed by atoms with van der Waals surface area (Å²) >= 11 is 0. The molecule has 2 heterocycles. The molecule has 0 saturated carbocycles. The lowest BCUT2D eigenvalue weighted by Crippen LogP contribution is -2.44. The number of aryl methyl sites for hydroxylation is 1. The molecule has 1 aromatic heterocycles. The Bertz CT molecular complexity index is 550. The standard InChI is InChI=1S/C13H23N3O4S/c1-2-7-16-12(3-6-14-16)21(18,19)15-10-13(11-17)4-8-20-9-5-13/h3,6,15,17H,2,4-5,7-11H2,1H3. The Hall–Kier alpha value is -0.960. The molecule has 1 fully saturated rings. The summed E-state index contributed by atoms with van der Waals surface area (Å²) < 4.78 is 34.2. The van der Waals surface area contributed by atoms with Crippen molar-refractivity contribution >= 4 is 10.0 Å². The SMILES string of the molecule is CCCn1nccc1S(=O)(=O)NCC1(CO)CCOCC1. The van der Waals surface area contributed by atoms with E-state index in [1.165, 1.54) is 16.9 Å². The molecule has 7 nitrogen and oxygen atoms in total. The lowest BCUT2D eigenvalue weighted by molar-refractivity contribution is -0.0126. The average Bonchev–Trinajstić information content (AvgIpc) is 2.96. The van der Waals surface area contributed by atoms with Gasteiger partial charge in [-0.2, -0.15) is 5.10 Å². The number of hydrogen-bond donors (Lipinski definition) is 2. The lowest BCUT2D eigenvalue weighted by atomic mass is 9.81. The average molecular weight is 317 g/mol. The van der Waals surface area contributed by atoms with Gasteiger partial charge in [0.2, 0.25) is 0 Å². The largest absolute Gasteiger partial charge is 0.396 e. The molecule has 1 aliphatic heterocycles. The van der Waals surface area contributed by atoms with E-state index < -0.39 is 15.4 Å². The van der Waals surface area contributed by atoms with Crippen LogP contribution in [0.5, 0.6) is 0 Å². The van der Waals surface area contributed by atoms with Crippen molar-refractivity contribution < 1.29 is 18.3 Å². The molecule has 0 radical (unpaired) electrons. The van der Waals surface area contributed by atoms with Gasteiger partial charge in [0.15, 0.2) is 5.03 Å². The van der Waals surface area contributed by atoms with E-state index in [4.69, 9.17) is 4.74 Å². The smallest absolute Gasteiger partial charge is 0.257 e. The number of aromatic nitrogens is 2. The minimum atomic E-state index is -3.62. The van der Waals surface area contributed by atoms with Crippen LogP contribution in [0.15, 0.2) is 17.3 Å². The molecule has 0 aromatic carbocycles. The van der Waals surface area contributed by atoms with Gasteiger partial charge in [-0.25, -0.2) is 13.1 Å². The normalized spacial score (nSPS) is 18.8. The van der Waals surface area contributed by atoms with Crippen LogP contribution in [-0.2, 0) is 21.3 Å². The minimum Gasteiger partial charge on any atom is -0.396 e. The van der Waals surface area contributed by atoms with E-state index in [-0.39, 0.29) is 18.2 Å². The second-order valence-electron chi connectivity index (χ2n) is 5.49. The van der Waals surface area contributed by atoms with Crippen LogP contribution in [0.2, 0.25) is 0 Å². The van der Waals surface area contributed by atoms with Gasteiger partial charge in [-0.05, 0) is 25.3 Å². The van der Waals surface area contributed by atoms with E-state index in [2.05, 4.69) is 9.82 Å². The van der Waals surface area contributed by atoms with Gasteiger partial charge in [0.1, 0.15) is 0 Å². The number of nitrogens with zero attached hydrogens (tertiary/aromatic N) is 2. The van der Waals surface area contributed by atoms with Crippen LogP contribution in [0.3, 0.4) is 0 Å². The van der Waals surface area contributed by atoms with Crippen molar-refractivity contribution in [2.45, 2.75) is 37.8 Å². The maximum atomic E-state index is 12.4. The fourth-order valence-electron chi connectivity index (χ4n) is 2.45. The molecule has 21 heavy (non-hydrogen) atoms. The molecule has 1 saturated heterocycles. The Kier molecular flexibility index (Phi) is 5.37. The lowest BCUT2D eigenvalue weighted by Gasteiger charge is -2.35. The molecule has 120 valence electrons. The highest BCUT2D eigenvalue weighted by Crippen LogP contribution is 2.29. The molecule has 0 aliphatic carbocycles. The van der Waals surface area contributed by atoms with Crippen molar-refractivity contribution in [2.75, 3.05) is 26.4 Å². The number of hydrogen-bond acceptors (Lipinski definition) is 5. The van der Waals surface area contributed by atoms with E-state index >= 15 is 0 Å². The summed E-state index contributed by atoms with van der Waals surface area (Å²) in [6.45, 7) is 3.79. The van der Waals surface area contributed by atoms with Crippen LogP contribution in [0.4, 0.5) is 0 Å². The molecule has 0 atom stereocenters. The quantitative estimate of drug-likeness (QED) is 0.757. The molecule has 0 bridgehead atoms. The molecule has 1 aromatic rings. The number of sulfonamides is 1. The van der Waals surface area contributed by atoms with Gasteiger partial charge in [-0.3, -0.25) is 4.68 Å². The molecular weight excluding hydrogens is 294 g/mol. The van der Waals surface area contributed by atoms with Crippen LogP contribution >= 0.6 is 0 Å². The summed E-state index contributed by atoms with van der Waals surface area (Å²) in [4.78, 5) is 0. The summed E-state index contributed by atoms with van der Waals surface area (Å²) in [5.74, 6) is 0. The van der Waals surface area contributed by atoms with Crippen LogP contribution in [0.25, 0.3) is 0 Å². The summed E-state index contributed by atoms with van der Waals surface area (Å²) in [5.41, 5.74) is -0.430. The van der Waals surface area contributed by atoms with Crippen molar-refractivity contribution in [3.05, 3.63) is 12.3 Å². The third kappa shape index (κ3) is 3.82. The molecule has 0 amide bonds. The zero-order valence-corrected chi connectivity index (χ0v) is 13.1. The number of aliphatic hydroxyl groups excluding tert-OH is 1. The highest BCUT2D eigenvalue weighted by atomic mass is 32.2. The molecule has 2 rings (SSSR count). The second kappa shape index (κ2) is 6.87. The topological polar surface area (TPSA) is 93.5 Å². The first kappa shape index (κ1) is 16.4. The zero-order chi connectivity index (χ0) is 15.3. The van der Waals surface area contributed by atoms with Crippen molar-refractivity contribution in [1.29, 1.82) is 0 Å². The predicted octanol–water partition coefficient (Wildman–Crippen LogP) is 0.360. The molecule has 8 heteroatoms.